The summed E-state index contributed by atoms with van der Waals surface area (Å²) < 4.78 is 1.03. The van der Waals surface area contributed by atoms with Crippen molar-refractivity contribution in [3.05, 3.63) is 28.7 Å². The van der Waals surface area contributed by atoms with E-state index in [9.17, 15) is 9.59 Å². The third-order valence-electron chi connectivity index (χ3n) is 2.84. The molecule has 0 spiro atoms. The molecule has 0 aromatic heterocycles. The molecule has 0 saturated carbocycles. The summed E-state index contributed by atoms with van der Waals surface area (Å²) in [4.78, 5) is 26.1. The molecule has 1 N–H and O–H groups in total. The number of carbonyl (C=O) groups excluding carboxylic acids is 2. The van der Waals surface area contributed by atoms with Gasteiger partial charge in [0, 0.05) is 35.4 Å². The zero-order valence-electron chi connectivity index (χ0n) is 10.4. The SMILES string of the molecule is O=C1CCN(C(=O)CSc2ccc(Br)cc2)CCN1. The second-order valence-electron chi connectivity index (χ2n) is 4.22. The predicted octanol–water partition coefficient (Wildman–Crippen LogP) is 1.89. The number of carbonyl (C=O) groups is 2. The summed E-state index contributed by atoms with van der Waals surface area (Å²) >= 11 is 4.90. The first-order valence-corrected chi connectivity index (χ1v) is 7.86. The van der Waals surface area contributed by atoms with Crippen LogP contribution in [0.4, 0.5) is 0 Å². The van der Waals surface area contributed by atoms with Crippen LogP contribution in [0, 0.1) is 0 Å². The topological polar surface area (TPSA) is 49.4 Å². The molecule has 0 atom stereocenters. The number of halogens is 1. The fraction of sp³-hybridized carbons (Fsp3) is 0.385. The van der Waals surface area contributed by atoms with Crippen LogP contribution in [0.25, 0.3) is 0 Å². The van der Waals surface area contributed by atoms with Crippen molar-refractivity contribution in [3.8, 4) is 0 Å². The lowest BCUT2D eigenvalue weighted by molar-refractivity contribution is -0.128. The molecule has 1 aromatic carbocycles. The maximum Gasteiger partial charge on any atom is 0.233 e. The Morgan fingerprint density at radius 3 is 2.79 bits per heavy atom. The molecular formula is C13H15BrN2O2S. The van der Waals surface area contributed by atoms with Crippen molar-refractivity contribution in [2.45, 2.75) is 11.3 Å². The first kappa shape index (κ1) is 14.4. The van der Waals surface area contributed by atoms with Crippen LogP contribution in [0.5, 0.6) is 0 Å². The largest absolute Gasteiger partial charge is 0.354 e. The number of amides is 2. The first-order chi connectivity index (χ1) is 9.15. The highest BCUT2D eigenvalue weighted by molar-refractivity contribution is 9.10. The zero-order valence-corrected chi connectivity index (χ0v) is 12.8. The zero-order chi connectivity index (χ0) is 13.7. The second-order valence-corrected chi connectivity index (χ2v) is 6.19. The van der Waals surface area contributed by atoms with Gasteiger partial charge in [0.2, 0.25) is 11.8 Å². The molecule has 1 aliphatic heterocycles. The highest BCUT2D eigenvalue weighted by Crippen LogP contribution is 2.21. The summed E-state index contributed by atoms with van der Waals surface area (Å²) in [6.45, 7) is 1.67. The van der Waals surface area contributed by atoms with Gasteiger partial charge in [0.15, 0.2) is 0 Å². The van der Waals surface area contributed by atoms with Crippen molar-refractivity contribution in [3.63, 3.8) is 0 Å². The van der Waals surface area contributed by atoms with E-state index < -0.39 is 0 Å². The van der Waals surface area contributed by atoms with E-state index in [2.05, 4.69) is 21.2 Å². The summed E-state index contributed by atoms with van der Waals surface area (Å²) in [7, 11) is 0. The van der Waals surface area contributed by atoms with Gasteiger partial charge in [-0.1, -0.05) is 15.9 Å². The number of hydrogen-bond donors (Lipinski definition) is 1. The van der Waals surface area contributed by atoms with Crippen LogP contribution >= 0.6 is 27.7 Å². The van der Waals surface area contributed by atoms with Crippen molar-refractivity contribution in [2.24, 2.45) is 0 Å². The van der Waals surface area contributed by atoms with Crippen LogP contribution in [0.2, 0.25) is 0 Å². The number of benzene rings is 1. The van der Waals surface area contributed by atoms with Gasteiger partial charge in [0.05, 0.1) is 5.75 Å². The van der Waals surface area contributed by atoms with Crippen molar-refractivity contribution < 1.29 is 9.59 Å². The summed E-state index contributed by atoms with van der Waals surface area (Å²) in [5.41, 5.74) is 0. The van der Waals surface area contributed by atoms with Gasteiger partial charge in [-0.05, 0) is 24.3 Å². The molecule has 1 saturated heterocycles. The Kier molecular flexibility index (Phi) is 5.27. The normalized spacial score (nSPS) is 15.8. The lowest BCUT2D eigenvalue weighted by atomic mass is 10.4. The average molecular weight is 343 g/mol. The Labute approximate surface area is 125 Å². The van der Waals surface area contributed by atoms with E-state index in [1.54, 1.807) is 4.90 Å². The number of rotatable bonds is 3. The summed E-state index contributed by atoms with van der Waals surface area (Å²) in [5, 5.41) is 2.76. The van der Waals surface area contributed by atoms with Crippen LogP contribution < -0.4 is 5.32 Å². The molecule has 4 nitrogen and oxygen atoms in total. The molecule has 1 heterocycles. The molecule has 19 heavy (non-hydrogen) atoms. The maximum absolute atomic E-state index is 12.1. The molecule has 1 fully saturated rings. The molecule has 102 valence electrons. The smallest absolute Gasteiger partial charge is 0.233 e. The number of thioether (sulfide) groups is 1. The number of nitrogens with zero attached hydrogens (tertiary/aromatic N) is 1. The van der Waals surface area contributed by atoms with Crippen LogP contribution in [0.3, 0.4) is 0 Å². The summed E-state index contributed by atoms with van der Waals surface area (Å²) in [6, 6.07) is 7.88. The van der Waals surface area contributed by atoms with E-state index in [-0.39, 0.29) is 11.8 Å². The summed E-state index contributed by atoms with van der Waals surface area (Å²) in [5.74, 6) is 0.524. The molecule has 1 aliphatic rings. The number of nitrogens with one attached hydrogen (secondary N) is 1. The van der Waals surface area contributed by atoms with Gasteiger partial charge in [0.25, 0.3) is 0 Å². The standard InChI is InChI=1S/C13H15BrN2O2S/c14-10-1-3-11(4-2-10)19-9-13(18)16-7-5-12(17)15-6-8-16/h1-4H,5-9H2,(H,15,17). The predicted molar refractivity (Wildman–Crippen MR) is 79.1 cm³/mol. The Morgan fingerprint density at radius 1 is 1.32 bits per heavy atom. The molecule has 6 heteroatoms. The highest BCUT2D eigenvalue weighted by Gasteiger charge is 2.18. The Hall–Kier alpha value is -1.01. The van der Waals surface area contributed by atoms with Gasteiger partial charge in [-0.2, -0.15) is 0 Å². The summed E-state index contributed by atoms with van der Waals surface area (Å²) in [6.07, 6.45) is 0.398. The fourth-order valence-electron chi connectivity index (χ4n) is 1.78. The van der Waals surface area contributed by atoms with E-state index in [4.69, 9.17) is 0 Å². The van der Waals surface area contributed by atoms with E-state index >= 15 is 0 Å². The van der Waals surface area contributed by atoms with Gasteiger partial charge < -0.3 is 10.2 Å². The maximum atomic E-state index is 12.1. The van der Waals surface area contributed by atoms with Gasteiger partial charge in [-0.3, -0.25) is 9.59 Å². The number of hydrogen-bond acceptors (Lipinski definition) is 3. The monoisotopic (exact) mass is 342 g/mol. The first-order valence-electron chi connectivity index (χ1n) is 6.08. The lowest BCUT2D eigenvalue weighted by Crippen LogP contribution is -2.35. The molecular weight excluding hydrogens is 328 g/mol. The van der Waals surface area contributed by atoms with Gasteiger partial charge >= 0.3 is 0 Å². The highest BCUT2D eigenvalue weighted by atomic mass is 79.9. The lowest BCUT2D eigenvalue weighted by Gasteiger charge is -2.19. The molecule has 0 aliphatic carbocycles. The van der Waals surface area contributed by atoms with Crippen LogP contribution in [0.1, 0.15) is 6.42 Å². The van der Waals surface area contributed by atoms with Gasteiger partial charge in [-0.25, -0.2) is 0 Å². The van der Waals surface area contributed by atoms with Crippen LogP contribution in [-0.4, -0.2) is 42.1 Å². The molecule has 0 unspecified atom stereocenters. The molecule has 0 radical (unpaired) electrons. The Bertz CT molecular complexity index is 464. The molecule has 1 aromatic rings. The van der Waals surface area contributed by atoms with Gasteiger partial charge in [-0.15, -0.1) is 11.8 Å². The van der Waals surface area contributed by atoms with Crippen molar-refractivity contribution in [2.75, 3.05) is 25.4 Å². The molecule has 2 rings (SSSR count). The fourth-order valence-corrected chi connectivity index (χ4v) is 2.85. The quantitative estimate of drug-likeness (QED) is 0.853. The molecule has 2 amide bonds. The third kappa shape index (κ3) is 4.54. The van der Waals surface area contributed by atoms with Gasteiger partial charge in [0.1, 0.15) is 0 Å². The second kappa shape index (κ2) is 6.96. The van der Waals surface area contributed by atoms with E-state index in [1.165, 1.54) is 11.8 Å². The Morgan fingerprint density at radius 2 is 2.05 bits per heavy atom. The Balaban J connectivity index is 1.83. The minimum atomic E-state index is 0.0239. The van der Waals surface area contributed by atoms with Crippen molar-refractivity contribution >= 4 is 39.5 Å². The average Bonchev–Trinajstić information content (AvgIpc) is 2.63. The molecule has 0 bridgehead atoms. The minimum Gasteiger partial charge on any atom is -0.354 e. The minimum absolute atomic E-state index is 0.0239. The van der Waals surface area contributed by atoms with Crippen LogP contribution in [0.15, 0.2) is 33.6 Å². The van der Waals surface area contributed by atoms with Crippen LogP contribution in [-0.2, 0) is 9.59 Å². The van der Waals surface area contributed by atoms with Crippen molar-refractivity contribution in [1.29, 1.82) is 0 Å². The van der Waals surface area contributed by atoms with Crippen molar-refractivity contribution in [1.82, 2.24) is 10.2 Å². The van der Waals surface area contributed by atoms with E-state index in [1.807, 2.05) is 24.3 Å². The third-order valence-corrected chi connectivity index (χ3v) is 4.37. The van der Waals surface area contributed by atoms with E-state index in [0.29, 0.717) is 31.8 Å². The van der Waals surface area contributed by atoms with E-state index in [0.717, 1.165) is 9.37 Å².